The molecule has 0 aliphatic heterocycles. The van der Waals surface area contributed by atoms with E-state index in [1.54, 1.807) is 6.20 Å². The van der Waals surface area contributed by atoms with Crippen molar-refractivity contribution in [1.82, 2.24) is 5.01 Å². The molecular formula is C24H43N3O2. The number of fused-ring (bicyclic) bond motifs is 3. The molecule has 3 aliphatic rings. The summed E-state index contributed by atoms with van der Waals surface area (Å²) < 4.78 is 0. The molecule has 3 aliphatic carbocycles. The quantitative estimate of drug-likeness (QED) is 0.422. The van der Waals surface area contributed by atoms with Gasteiger partial charge in [-0.25, -0.2) is 5.84 Å². The van der Waals surface area contributed by atoms with Gasteiger partial charge < -0.3 is 15.8 Å². The first-order valence-electron chi connectivity index (χ1n) is 11.9. The molecule has 0 spiro atoms. The number of Topliss-reactive ketones (excluding diaryl/α,β-unsaturated/α-hetero) is 1. The topological polar surface area (TPSA) is 92.6 Å². The monoisotopic (exact) mass is 405 g/mol. The van der Waals surface area contributed by atoms with Crippen LogP contribution in [0, 0.1) is 40.4 Å². The Morgan fingerprint density at radius 1 is 1.17 bits per heavy atom. The number of hydrogen-bond acceptors (Lipinski definition) is 5. The summed E-state index contributed by atoms with van der Waals surface area (Å²) in [5.74, 6) is 8.79. The van der Waals surface area contributed by atoms with Gasteiger partial charge in [0.1, 0.15) is 0 Å². The number of carbonyl (C=O) groups is 1. The molecule has 7 unspecified atom stereocenters. The van der Waals surface area contributed by atoms with Crippen LogP contribution >= 0.6 is 0 Å². The van der Waals surface area contributed by atoms with Gasteiger partial charge in [0, 0.05) is 24.9 Å². The zero-order chi connectivity index (χ0) is 21.2. The third kappa shape index (κ3) is 3.74. The molecule has 0 aromatic carbocycles. The Bertz CT molecular complexity index is 609. The Balaban J connectivity index is 1.82. The van der Waals surface area contributed by atoms with Crippen molar-refractivity contribution in [2.45, 2.75) is 78.6 Å². The molecule has 3 fully saturated rings. The number of rotatable bonds is 8. The summed E-state index contributed by atoms with van der Waals surface area (Å²) in [6.45, 7) is 7.51. The summed E-state index contributed by atoms with van der Waals surface area (Å²) in [6.07, 6.45) is 13.3. The van der Waals surface area contributed by atoms with Gasteiger partial charge in [-0.05, 0) is 79.4 Å². The Morgan fingerprint density at radius 2 is 1.93 bits per heavy atom. The summed E-state index contributed by atoms with van der Waals surface area (Å²) in [7, 11) is 0. The molecule has 0 bridgehead atoms. The van der Waals surface area contributed by atoms with E-state index in [1.807, 2.05) is 0 Å². The molecule has 5 heteroatoms. The molecule has 0 aromatic heterocycles. The van der Waals surface area contributed by atoms with E-state index in [4.69, 9.17) is 11.6 Å². The van der Waals surface area contributed by atoms with Crippen LogP contribution in [0.25, 0.3) is 0 Å². The molecule has 0 heterocycles. The zero-order valence-corrected chi connectivity index (χ0v) is 18.8. The highest BCUT2D eigenvalue weighted by Crippen LogP contribution is 2.66. The lowest BCUT2D eigenvalue weighted by Gasteiger charge is -2.59. The molecule has 0 aromatic rings. The third-order valence-electron chi connectivity index (χ3n) is 9.34. The molecule has 166 valence electrons. The van der Waals surface area contributed by atoms with Crippen molar-refractivity contribution in [3.8, 4) is 0 Å². The fraction of sp³-hybridized carbons (Fsp3) is 0.875. The molecule has 3 saturated carbocycles. The van der Waals surface area contributed by atoms with Gasteiger partial charge in [0.25, 0.3) is 0 Å². The van der Waals surface area contributed by atoms with Crippen molar-refractivity contribution in [3.05, 3.63) is 12.4 Å². The van der Waals surface area contributed by atoms with Crippen LogP contribution in [0.3, 0.4) is 0 Å². The number of aliphatic hydroxyl groups is 1. The predicted molar refractivity (Wildman–Crippen MR) is 117 cm³/mol. The first-order valence-corrected chi connectivity index (χ1v) is 11.9. The Morgan fingerprint density at radius 3 is 2.55 bits per heavy atom. The van der Waals surface area contributed by atoms with Crippen LogP contribution < -0.4 is 11.6 Å². The van der Waals surface area contributed by atoms with E-state index >= 15 is 0 Å². The number of nitrogens with two attached hydrogens (primary N) is 2. The van der Waals surface area contributed by atoms with E-state index in [0.29, 0.717) is 30.3 Å². The maximum Gasteiger partial charge on any atom is 0.157 e. The summed E-state index contributed by atoms with van der Waals surface area (Å²) in [5, 5.41) is 12.0. The van der Waals surface area contributed by atoms with Crippen molar-refractivity contribution < 1.29 is 9.90 Å². The normalized spacial score (nSPS) is 41.9. The minimum absolute atomic E-state index is 0.0813. The number of aliphatic hydroxyl groups excluding tert-OH is 1. The van der Waals surface area contributed by atoms with Crippen molar-refractivity contribution >= 4 is 5.78 Å². The standard InChI is InChI=1S/C24H43N3O2/c1-4-11-24(16-28)17(5-2)6-7-18-19-8-9-21(22(29)15-27(26)14-13-25)23(19,3)12-10-20(18)24/h13-14,17-21,28H,4-12,15-16,25-26H2,1-3H3/b14-13-. The minimum atomic E-state index is 0.0813. The van der Waals surface area contributed by atoms with Gasteiger partial charge in [-0.1, -0.05) is 33.6 Å². The fourth-order valence-corrected chi connectivity index (χ4v) is 8.16. The number of hydrazine groups is 1. The largest absolute Gasteiger partial charge is 0.403 e. The van der Waals surface area contributed by atoms with Crippen LogP contribution in [-0.4, -0.2) is 29.1 Å². The van der Waals surface area contributed by atoms with Crippen molar-refractivity contribution in [2.24, 2.45) is 52.0 Å². The first kappa shape index (κ1) is 22.6. The van der Waals surface area contributed by atoms with Crippen molar-refractivity contribution in [1.29, 1.82) is 0 Å². The van der Waals surface area contributed by atoms with Gasteiger partial charge >= 0.3 is 0 Å². The van der Waals surface area contributed by atoms with E-state index in [1.165, 1.54) is 30.5 Å². The molecule has 0 saturated heterocycles. The van der Waals surface area contributed by atoms with Crippen LogP contribution in [-0.2, 0) is 4.79 Å². The van der Waals surface area contributed by atoms with Crippen LogP contribution in [0.5, 0.6) is 0 Å². The highest BCUT2D eigenvalue weighted by atomic mass is 16.3. The molecular weight excluding hydrogens is 362 g/mol. The number of carbonyl (C=O) groups excluding carboxylic acids is 1. The summed E-state index contributed by atoms with van der Waals surface area (Å²) >= 11 is 0. The highest BCUT2D eigenvalue weighted by Gasteiger charge is 2.61. The van der Waals surface area contributed by atoms with Gasteiger partial charge in [0.15, 0.2) is 5.78 Å². The van der Waals surface area contributed by atoms with Crippen molar-refractivity contribution in [3.63, 3.8) is 0 Å². The van der Waals surface area contributed by atoms with Gasteiger partial charge in [-0.15, -0.1) is 0 Å². The molecule has 3 rings (SSSR count). The predicted octanol–water partition coefficient (Wildman–Crippen LogP) is 3.82. The SMILES string of the molecule is CCCC1(CO)C(CC)CCC2C3CCC(C(=O)CN(N)/C=C\N)C3(C)CCC21. The Labute approximate surface area is 177 Å². The molecule has 5 nitrogen and oxygen atoms in total. The maximum absolute atomic E-state index is 13.1. The summed E-state index contributed by atoms with van der Waals surface area (Å²) in [5.41, 5.74) is 5.59. The number of nitrogens with zero attached hydrogens (tertiary/aromatic N) is 1. The van der Waals surface area contributed by atoms with E-state index in [2.05, 4.69) is 20.8 Å². The first-order chi connectivity index (χ1) is 13.9. The average Bonchev–Trinajstić information content (AvgIpc) is 3.05. The van der Waals surface area contributed by atoms with E-state index in [9.17, 15) is 9.90 Å². The second kappa shape index (κ2) is 8.97. The second-order valence-electron chi connectivity index (χ2n) is 10.4. The number of hydrogen-bond donors (Lipinski definition) is 3. The Kier molecular flexibility index (Phi) is 6.99. The zero-order valence-electron chi connectivity index (χ0n) is 18.8. The molecule has 0 amide bonds. The lowest BCUT2D eigenvalue weighted by atomic mass is 9.45. The highest BCUT2D eigenvalue weighted by molar-refractivity contribution is 5.84. The van der Waals surface area contributed by atoms with E-state index in [-0.39, 0.29) is 29.1 Å². The Hall–Kier alpha value is -1.07. The average molecular weight is 406 g/mol. The lowest BCUT2D eigenvalue weighted by Crippen LogP contribution is -2.55. The van der Waals surface area contributed by atoms with Gasteiger partial charge in [-0.3, -0.25) is 4.79 Å². The van der Waals surface area contributed by atoms with Crippen LogP contribution in [0.1, 0.15) is 78.6 Å². The minimum Gasteiger partial charge on any atom is -0.403 e. The van der Waals surface area contributed by atoms with Crippen LogP contribution in [0.4, 0.5) is 0 Å². The molecule has 7 atom stereocenters. The van der Waals surface area contributed by atoms with Crippen LogP contribution in [0.2, 0.25) is 0 Å². The van der Waals surface area contributed by atoms with E-state index in [0.717, 1.165) is 38.5 Å². The smallest absolute Gasteiger partial charge is 0.157 e. The second-order valence-corrected chi connectivity index (χ2v) is 10.4. The lowest BCUT2D eigenvalue weighted by molar-refractivity contribution is -0.141. The van der Waals surface area contributed by atoms with Crippen LogP contribution in [0.15, 0.2) is 12.4 Å². The maximum atomic E-state index is 13.1. The van der Waals surface area contributed by atoms with E-state index < -0.39 is 0 Å². The molecule has 5 N–H and O–H groups in total. The van der Waals surface area contributed by atoms with Gasteiger partial charge in [0.05, 0.1) is 6.54 Å². The summed E-state index contributed by atoms with van der Waals surface area (Å²) in [4.78, 5) is 13.1. The van der Waals surface area contributed by atoms with Crippen molar-refractivity contribution in [2.75, 3.05) is 13.2 Å². The number of ketones is 1. The molecule has 29 heavy (non-hydrogen) atoms. The molecule has 0 radical (unpaired) electrons. The van der Waals surface area contributed by atoms with Gasteiger partial charge in [-0.2, -0.15) is 0 Å². The summed E-state index contributed by atoms with van der Waals surface area (Å²) in [6, 6.07) is 0. The van der Waals surface area contributed by atoms with Gasteiger partial charge in [0.2, 0.25) is 0 Å². The fourth-order valence-electron chi connectivity index (χ4n) is 8.16. The third-order valence-corrected chi connectivity index (χ3v) is 9.34.